The minimum Gasteiger partial charge on any atom is -0.492 e. The van der Waals surface area contributed by atoms with Gasteiger partial charge in [-0.05, 0) is 56.0 Å². The van der Waals surface area contributed by atoms with Gasteiger partial charge in [-0.15, -0.1) is 0 Å². The number of carbonyl (C=O) groups is 1. The molecule has 0 spiro atoms. The average Bonchev–Trinajstić information content (AvgIpc) is 3.34. The van der Waals surface area contributed by atoms with Gasteiger partial charge in [0.05, 0.1) is 23.4 Å². The molecule has 1 aromatic carbocycles. The fourth-order valence-corrected chi connectivity index (χ4v) is 5.40. The van der Waals surface area contributed by atoms with E-state index in [1.807, 2.05) is 43.7 Å². The van der Waals surface area contributed by atoms with Crippen LogP contribution >= 0.6 is 11.6 Å². The van der Waals surface area contributed by atoms with E-state index in [-0.39, 0.29) is 17.5 Å². The molecule has 1 aliphatic rings. The standard InChI is InChI=1S/C30H29ClN6O3/c1-5-40-28-13-27(34-15-21(28)14-32)18(2)37-8-6-22-23(25-17-35(4)29(38)12-26(25)31)10-20(11-24(22)30(37)39)16-36-9-7-33-19(36)3/h7,9-13,15,17-18H,5-6,8,16H2,1-4H3/t18-/m0/s1. The maximum atomic E-state index is 14.1. The van der Waals surface area contributed by atoms with E-state index in [9.17, 15) is 14.9 Å². The first-order valence-corrected chi connectivity index (χ1v) is 13.4. The highest BCUT2D eigenvalue weighted by atomic mass is 35.5. The Balaban J connectivity index is 1.59. The quantitative estimate of drug-likeness (QED) is 0.327. The third-order valence-electron chi connectivity index (χ3n) is 7.35. The van der Waals surface area contributed by atoms with Gasteiger partial charge in [0.25, 0.3) is 11.5 Å². The molecule has 0 bridgehead atoms. The highest BCUT2D eigenvalue weighted by Crippen LogP contribution is 2.37. The van der Waals surface area contributed by atoms with E-state index in [0.29, 0.717) is 59.3 Å². The van der Waals surface area contributed by atoms with Crippen molar-refractivity contribution in [2.45, 2.75) is 39.8 Å². The second-order valence-corrected chi connectivity index (χ2v) is 10.2. The summed E-state index contributed by atoms with van der Waals surface area (Å²) in [5.74, 6) is 1.19. The lowest BCUT2D eigenvalue weighted by molar-refractivity contribution is 0.0669. The van der Waals surface area contributed by atoms with Crippen molar-refractivity contribution < 1.29 is 9.53 Å². The van der Waals surface area contributed by atoms with E-state index in [4.69, 9.17) is 16.3 Å². The number of pyridine rings is 2. The van der Waals surface area contributed by atoms with Crippen molar-refractivity contribution in [3.05, 3.63) is 98.2 Å². The van der Waals surface area contributed by atoms with E-state index in [0.717, 1.165) is 22.5 Å². The number of hydrogen-bond acceptors (Lipinski definition) is 6. The predicted molar refractivity (Wildman–Crippen MR) is 151 cm³/mol. The lowest BCUT2D eigenvalue weighted by Gasteiger charge is -2.35. The summed E-state index contributed by atoms with van der Waals surface area (Å²) >= 11 is 6.59. The Morgan fingerprint density at radius 3 is 2.62 bits per heavy atom. The molecule has 204 valence electrons. The summed E-state index contributed by atoms with van der Waals surface area (Å²) in [6.07, 6.45) is 7.45. The van der Waals surface area contributed by atoms with Crippen LogP contribution in [-0.2, 0) is 20.0 Å². The number of aromatic nitrogens is 4. The van der Waals surface area contributed by atoms with Gasteiger partial charge < -0.3 is 18.8 Å². The van der Waals surface area contributed by atoms with Crippen LogP contribution < -0.4 is 10.3 Å². The van der Waals surface area contributed by atoms with Crippen molar-refractivity contribution in [3.63, 3.8) is 0 Å². The molecule has 9 nitrogen and oxygen atoms in total. The zero-order valence-corrected chi connectivity index (χ0v) is 23.6. The number of imidazole rings is 1. The number of aryl methyl sites for hydroxylation is 2. The van der Waals surface area contributed by atoms with E-state index in [2.05, 4.69) is 16.0 Å². The molecule has 0 aliphatic carbocycles. The van der Waals surface area contributed by atoms with Gasteiger partial charge in [-0.2, -0.15) is 5.26 Å². The van der Waals surface area contributed by atoms with Gasteiger partial charge in [0.15, 0.2) is 0 Å². The summed E-state index contributed by atoms with van der Waals surface area (Å²) in [5.41, 5.74) is 4.73. The number of nitriles is 1. The minimum atomic E-state index is -0.350. The molecule has 10 heteroatoms. The van der Waals surface area contributed by atoms with Crippen LogP contribution in [0, 0.1) is 18.3 Å². The van der Waals surface area contributed by atoms with Crippen LogP contribution in [0.3, 0.4) is 0 Å². The molecule has 4 heterocycles. The fourth-order valence-electron chi connectivity index (χ4n) is 5.15. The number of benzene rings is 1. The largest absolute Gasteiger partial charge is 0.492 e. The summed E-state index contributed by atoms with van der Waals surface area (Å²) in [6, 6.07) is 8.88. The average molecular weight is 557 g/mol. The minimum absolute atomic E-state index is 0.121. The van der Waals surface area contributed by atoms with Crippen LogP contribution in [0.15, 0.2) is 53.8 Å². The number of rotatable bonds is 7. The van der Waals surface area contributed by atoms with E-state index >= 15 is 0 Å². The second-order valence-electron chi connectivity index (χ2n) is 9.83. The maximum absolute atomic E-state index is 14.1. The number of nitrogens with zero attached hydrogens (tertiary/aromatic N) is 6. The number of fused-ring (bicyclic) bond motifs is 1. The first kappa shape index (κ1) is 27.2. The Bertz CT molecular complexity index is 1720. The molecule has 0 N–H and O–H groups in total. The van der Waals surface area contributed by atoms with Gasteiger partial charge >= 0.3 is 0 Å². The van der Waals surface area contributed by atoms with Crippen molar-refractivity contribution in [2.75, 3.05) is 13.2 Å². The number of ether oxygens (including phenoxy) is 1. The first-order valence-electron chi connectivity index (χ1n) is 13.1. The van der Waals surface area contributed by atoms with E-state index in [1.54, 1.807) is 30.4 Å². The normalized spacial score (nSPS) is 13.6. The summed E-state index contributed by atoms with van der Waals surface area (Å²) < 4.78 is 9.15. The van der Waals surface area contributed by atoms with Crippen molar-refractivity contribution in [1.82, 2.24) is 24.0 Å². The number of hydrogen-bond donors (Lipinski definition) is 0. The van der Waals surface area contributed by atoms with Crippen LogP contribution in [0.25, 0.3) is 11.1 Å². The molecule has 5 rings (SSSR count). The smallest absolute Gasteiger partial charge is 0.254 e. The molecule has 3 aromatic heterocycles. The number of halogens is 1. The Kier molecular flexibility index (Phi) is 7.46. The number of carbonyl (C=O) groups excluding carboxylic acids is 1. The molecule has 1 aliphatic heterocycles. The van der Waals surface area contributed by atoms with Crippen molar-refractivity contribution in [2.24, 2.45) is 7.05 Å². The Morgan fingerprint density at radius 2 is 1.93 bits per heavy atom. The number of amides is 1. The monoisotopic (exact) mass is 556 g/mol. The van der Waals surface area contributed by atoms with Crippen molar-refractivity contribution >= 4 is 17.5 Å². The summed E-state index contributed by atoms with van der Waals surface area (Å²) in [7, 11) is 1.68. The Morgan fingerprint density at radius 1 is 1.15 bits per heavy atom. The van der Waals surface area contributed by atoms with Gasteiger partial charge in [-0.3, -0.25) is 14.6 Å². The molecule has 0 unspecified atom stereocenters. The third-order valence-corrected chi connectivity index (χ3v) is 7.66. The summed E-state index contributed by atoms with van der Waals surface area (Å²) in [4.78, 5) is 36.9. The van der Waals surface area contributed by atoms with Crippen LogP contribution in [0.4, 0.5) is 0 Å². The van der Waals surface area contributed by atoms with Crippen LogP contribution in [-0.4, -0.2) is 43.1 Å². The molecule has 0 saturated carbocycles. The zero-order chi connectivity index (χ0) is 28.6. The van der Waals surface area contributed by atoms with E-state index < -0.39 is 0 Å². The van der Waals surface area contributed by atoms with Gasteiger partial charge in [0.2, 0.25) is 0 Å². The van der Waals surface area contributed by atoms with Crippen molar-refractivity contribution in [3.8, 4) is 22.9 Å². The highest BCUT2D eigenvalue weighted by Gasteiger charge is 2.32. The fraction of sp³-hybridized carbons (Fsp3) is 0.300. The van der Waals surface area contributed by atoms with Gasteiger partial charge in [-0.1, -0.05) is 11.6 Å². The first-order chi connectivity index (χ1) is 19.2. The Labute approximate surface area is 237 Å². The molecule has 4 aromatic rings. The van der Waals surface area contributed by atoms with Crippen LogP contribution in [0.1, 0.15) is 58.5 Å². The molecule has 40 heavy (non-hydrogen) atoms. The summed E-state index contributed by atoms with van der Waals surface area (Å²) in [6.45, 7) is 7.11. The van der Waals surface area contributed by atoms with Crippen LogP contribution in [0.2, 0.25) is 5.02 Å². The summed E-state index contributed by atoms with van der Waals surface area (Å²) in [5, 5.41) is 9.76. The molecule has 1 amide bonds. The maximum Gasteiger partial charge on any atom is 0.254 e. The lowest BCUT2D eigenvalue weighted by atomic mass is 9.88. The molecular weight excluding hydrogens is 528 g/mol. The third kappa shape index (κ3) is 4.98. The second kappa shape index (κ2) is 11.0. The van der Waals surface area contributed by atoms with Crippen molar-refractivity contribution in [1.29, 1.82) is 5.26 Å². The molecule has 0 radical (unpaired) electrons. The SMILES string of the molecule is CCOc1cc([C@H](C)N2CCc3c(cc(Cn4ccnc4C)cc3-c3cn(C)c(=O)cc3Cl)C2=O)ncc1C#N. The molecule has 1 atom stereocenters. The topological polar surface area (TPSA) is 106 Å². The van der Waals surface area contributed by atoms with Gasteiger partial charge in [0.1, 0.15) is 23.2 Å². The predicted octanol–water partition coefficient (Wildman–Crippen LogP) is 4.68. The lowest BCUT2D eigenvalue weighted by Crippen LogP contribution is -2.40. The molecule has 0 fully saturated rings. The molecular formula is C30H29ClN6O3. The highest BCUT2D eigenvalue weighted by molar-refractivity contribution is 6.33. The van der Waals surface area contributed by atoms with Gasteiger partial charge in [0, 0.05) is 68.2 Å². The zero-order valence-electron chi connectivity index (χ0n) is 22.8. The van der Waals surface area contributed by atoms with Gasteiger partial charge in [-0.25, -0.2) is 4.98 Å². The Hall–Kier alpha value is -4.42. The molecule has 0 saturated heterocycles. The van der Waals surface area contributed by atoms with E-state index in [1.165, 1.54) is 16.8 Å². The van der Waals surface area contributed by atoms with Crippen LogP contribution in [0.5, 0.6) is 5.75 Å².